The van der Waals surface area contributed by atoms with Crippen molar-refractivity contribution in [2.75, 3.05) is 0 Å². The molecule has 0 saturated carbocycles. The van der Waals surface area contributed by atoms with Gasteiger partial charge in [0.2, 0.25) is 0 Å². The summed E-state index contributed by atoms with van der Waals surface area (Å²) in [7, 11) is 0. The summed E-state index contributed by atoms with van der Waals surface area (Å²) in [6.07, 6.45) is 45.0. The fraction of sp³-hybridized carbons (Fsp3) is 1.00. The molecule has 0 aromatic rings. The van der Waals surface area contributed by atoms with Gasteiger partial charge in [-0.1, -0.05) is 0 Å². The van der Waals surface area contributed by atoms with Crippen molar-refractivity contribution >= 4 is 21.8 Å². The molecule has 1 heteroatoms. The Morgan fingerprint density at radius 3 is 0.568 bits per heavy atom. The van der Waals surface area contributed by atoms with Gasteiger partial charge in [-0.15, -0.1) is 0 Å². The molecule has 0 bridgehead atoms. The van der Waals surface area contributed by atoms with Gasteiger partial charge in [0.25, 0.3) is 0 Å². The minimum absolute atomic E-state index is 1.17. The zero-order chi connectivity index (χ0) is 26.9. The Balaban J connectivity index is 3.87. The molecule has 0 rings (SSSR count). The van der Waals surface area contributed by atoms with Crippen LogP contribution in [-0.4, -0.2) is 21.8 Å². The molecule has 0 amide bonds. The Morgan fingerprint density at radius 2 is 0.378 bits per heavy atom. The molecule has 0 unspecified atom stereocenters. The van der Waals surface area contributed by atoms with E-state index in [1.807, 2.05) is 0 Å². The van der Waals surface area contributed by atoms with E-state index in [1.54, 1.807) is 50.9 Å². The molecule has 0 aromatic carbocycles. The average molecular weight is 717 g/mol. The van der Waals surface area contributed by atoms with Crippen LogP contribution in [-0.2, 0) is 0 Å². The second-order valence-electron chi connectivity index (χ2n) is 12.4. The van der Waals surface area contributed by atoms with E-state index in [0.717, 1.165) is 0 Å². The Labute approximate surface area is 246 Å². The maximum atomic E-state index is 2.32. The topological polar surface area (TPSA) is 0 Å². The number of unbranched alkanes of at least 4 members (excludes halogenated alkanes) is 27. The Morgan fingerprint density at radius 1 is 0.216 bits per heavy atom. The number of hydrogen-bond acceptors (Lipinski definition) is 0. The molecule has 0 atom stereocenters. The molecule has 0 spiro atoms. The first-order chi connectivity index (χ1) is 18.3. The molecule has 0 saturated heterocycles. The fourth-order valence-electron chi connectivity index (χ4n) is 5.80. The summed E-state index contributed by atoms with van der Waals surface area (Å²) in [6, 6.07) is 0. The summed E-state index contributed by atoms with van der Waals surface area (Å²) in [5.74, 6) is 0. The quantitative estimate of drug-likeness (QED) is 0.0469. The standard InChI is InChI=1S/3C12H25.Bi/c3*1-3-5-7-9-11-12-10-8-6-4-2;/h3*1,3-12H2,2H3;. The third-order valence-electron chi connectivity index (χ3n) is 8.48. The van der Waals surface area contributed by atoms with Crippen LogP contribution in [0, 0.1) is 0 Å². The van der Waals surface area contributed by atoms with Gasteiger partial charge in [-0.3, -0.25) is 0 Å². The average Bonchev–Trinajstić information content (AvgIpc) is 2.91. The van der Waals surface area contributed by atoms with Crippen molar-refractivity contribution in [3.05, 3.63) is 0 Å². The molecule has 0 fully saturated rings. The number of hydrogen-bond donors (Lipinski definition) is 0. The summed E-state index contributed by atoms with van der Waals surface area (Å²) >= 11 is -1.17. The van der Waals surface area contributed by atoms with Gasteiger partial charge >= 0.3 is 248 Å². The van der Waals surface area contributed by atoms with E-state index in [0.29, 0.717) is 0 Å². The summed E-state index contributed by atoms with van der Waals surface area (Å²) in [4.78, 5) is 0. The first-order valence-electron chi connectivity index (χ1n) is 18.1. The van der Waals surface area contributed by atoms with Crippen molar-refractivity contribution in [1.29, 1.82) is 0 Å². The molecule has 0 nitrogen and oxygen atoms in total. The van der Waals surface area contributed by atoms with E-state index in [2.05, 4.69) is 20.8 Å². The summed E-state index contributed by atoms with van der Waals surface area (Å²) in [5, 5.41) is 0. The van der Waals surface area contributed by atoms with Crippen molar-refractivity contribution in [3.63, 3.8) is 0 Å². The second-order valence-corrected chi connectivity index (χ2v) is 22.8. The second kappa shape index (κ2) is 34.9. The molecule has 0 heterocycles. The first kappa shape index (κ1) is 37.9. The van der Waals surface area contributed by atoms with Gasteiger partial charge in [0.15, 0.2) is 0 Å². The van der Waals surface area contributed by atoms with Crippen molar-refractivity contribution in [1.82, 2.24) is 0 Å². The molecular weight excluding hydrogens is 641 g/mol. The van der Waals surface area contributed by atoms with E-state index < -0.39 is 21.8 Å². The molecule has 0 aromatic heterocycles. The van der Waals surface area contributed by atoms with E-state index in [4.69, 9.17) is 0 Å². The molecule has 0 aliphatic carbocycles. The van der Waals surface area contributed by atoms with Crippen molar-refractivity contribution in [2.24, 2.45) is 0 Å². The molecule has 37 heavy (non-hydrogen) atoms. The Kier molecular flexibility index (Phi) is 35.7. The van der Waals surface area contributed by atoms with Gasteiger partial charge < -0.3 is 0 Å². The van der Waals surface area contributed by atoms with Crippen LogP contribution in [0.2, 0.25) is 12.4 Å². The predicted octanol–water partition coefficient (Wildman–Crippen LogP) is 14.2. The van der Waals surface area contributed by atoms with E-state index >= 15 is 0 Å². The van der Waals surface area contributed by atoms with Crippen LogP contribution in [0.1, 0.15) is 213 Å². The predicted molar refractivity (Wildman–Crippen MR) is 176 cm³/mol. The molecular formula is C36H75Bi. The van der Waals surface area contributed by atoms with Crippen LogP contribution in [0.15, 0.2) is 0 Å². The third kappa shape index (κ3) is 33.0. The maximum absolute atomic E-state index is 2.32. The van der Waals surface area contributed by atoms with Crippen LogP contribution < -0.4 is 0 Å². The van der Waals surface area contributed by atoms with Gasteiger partial charge in [0.05, 0.1) is 0 Å². The van der Waals surface area contributed by atoms with E-state index in [1.165, 1.54) is 154 Å². The van der Waals surface area contributed by atoms with Gasteiger partial charge in [-0.25, -0.2) is 0 Å². The zero-order valence-electron chi connectivity index (χ0n) is 26.8. The molecule has 0 N–H and O–H groups in total. The van der Waals surface area contributed by atoms with Crippen LogP contribution in [0.5, 0.6) is 0 Å². The molecule has 0 aliphatic heterocycles. The van der Waals surface area contributed by atoms with E-state index in [9.17, 15) is 0 Å². The minimum atomic E-state index is -1.17. The summed E-state index contributed by atoms with van der Waals surface area (Å²) < 4.78 is 5.21. The monoisotopic (exact) mass is 717 g/mol. The van der Waals surface area contributed by atoms with Gasteiger partial charge in [0, 0.05) is 0 Å². The van der Waals surface area contributed by atoms with Crippen molar-refractivity contribution in [3.8, 4) is 0 Å². The summed E-state index contributed by atoms with van der Waals surface area (Å²) in [5.41, 5.74) is 0. The normalized spacial score (nSPS) is 11.7. The molecule has 0 radical (unpaired) electrons. The first-order valence-corrected chi connectivity index (χ1v) is 25.4. The van der Waals surface area contributed by atoms with Crippen LogP contribution in [0.4, 0.5) is 0 Å². The molecule has 224 valence electrons. The van der Waals surface area contributed by atoms with Crippen LogP contribution in [0.25, 0.3) is 0 Å². The van der Waals surface area contributed by atoms with Crippen LogP contribution >= 0.6 is 0 Å². The third-order valence-corrected chi connectivity index (χ3v) is 19.5. The van der Waals surface area contributed by atoms with Gasteiger partial charge in [0.1, 0.15) is 0 Å². The Hall–Kier alpha value is 0.883. The van der Waals surface area contributed by atoms with Gasteiger partial charge in [-0.05, 0) is 0 Å². The van der Waals surface area contributed by atoms with Crippen LogP contribution in [0.3, 0.4) is 0 Å². The fourth-order valence-corrected chi connectivity index (χ4v) is 16.2. The molecule has 0 aliphatic rings. The Bertz CT molecular complexity index is 322. The SMILES string of the molecule is CCCCCCCCCCC[CH2][Bi]([CH2]CCCCCCCCCCC)[CH2]CCCCCCCCCCC. The summed E-state index contributed by atoms with van der Waals surface area (Å²) in [6.45, 7) is 6.97. The van der Waals surface area contributed by atoms with Crippen molar-refractivity contribution < 1.29 is 0 Å². The van der Waals surface area contributed by atoms with E-state index in [-0.39, 0.29) is 0 Å². The zero-order valence-corrected chi connectivity index (χ0v) is 30.3. The van der Waals surface area contributed by atoms with Crippen molar-refractivity contribution in [2.45, 2.75) is 226 Å². The number of rotatable bonds is 33. The van der Waals surface area contributed by atoms with Gasteiger partial charge in [-0.2, -0.15) is 0 Å².